The van der Waals surface area contributed by atoms with Gasteiger partial charge in [0.2, 0.25) is 0 Å². The Balaban J connectivity index is 2.39. The maximum absolute atomic E-state index is 7.27. The van der Waals surface area contributed by atoms with E-state index in [9.17, 15) is 0 Å². The summed E-state index contributed by atoms with van der Waals surface area (Å²) in [6.45, 7) is 2.21. The summed E-state index contributed by atoms with van der Waals surface area (Å²) in [5.41, 5.74) is 6.18. The van der Waals surface area contributed by atoms with Crippen LogP contribution >= 0.6 is 11.8 Å². The van der Waals surface area contributed by atoms with Crippen molar-refractivity contribution in [2.24, 2.45) is 5.73 Å². The molecule has 3 heteroatoms. The highest BCUT2D eigenvalue weighted by atomic mass is 32.2. The molecule has 3 N–H and O–H groups in total. The molecule has 0 aliphatic carbocycles. The third-order valence-electron chi connectivity index (χ3n) is 2.18. The number of unbranched alkanes of at least 4 members (excludes halogenated alkanes) is 2. The van der Waals surface area contributed by atoms with Gasteiger partial charge in [0.05, 0.1) is 0 Å². The molecule has 0 fully saturated rings. The van der Waals surface area contributed by atoms with Crippen molar-refractivity contribution < 1.29 is 0 Å². The van der Waals surface area contributed by atoms with E-state index in [0.29, 0.717) is 0 Å². The number of nitrogens with two attached hydrogens (primary N) is 1. The topological polar surface area (TPSA) is 49.9 Å². The fourth-order valence-corrected chi connectivity index (χ4v) is 2.19. The number of nitrogen functional groups attached to an aromatic ring is 1. The highest BCUT2D eigenvalue weighted by molar-refractivity contribution is 7.99. The molecule has 1 aromatic carbocycles. The minimum Gasteiger partial charge on any atom is -0.384 e. The van der Waals surface area contributed by atoms with Gasteiger partial charge in [-0.2, -0.15) is 0 Å². The van der Waals surface area contributed by atoms with Crippen LogP contribution in [0.1, 0.15) is 31.7 Å². The first-order chi connectivity index (χ1) is 7.24. The first-order valence-corrected chi connectivity index (χ1v) is 6.30. The average molecular weight is 222 g/mol. The second kappa shape index (κ2) is 6.51. The van der Waals surface area contributed by atoms with Crippen molar-refractivity contribution >= 4 is 17.6 Å². The fraction of sp³-hybridized carbons (Fsp3) is 0.417. The van der Waals surface area contributed by atoms with Crippen LogP contribution in [0, 0.1) is 5.41 Å². The van der Waals surface area contributed by atoms with E-state index in [1.54, 1.807) is 0 Å². The van der Waals surface area contributed by atoms with Crippen molar-refractivity contribution in [1.29, 1.82) is 5.41 Å². The molecule has 0 aliphatic rings. The van der Waals surface area contributed by atoms with Crippen LogP contribution < -0.4 is 5.73 Å². The molecule has 2 nitrogen and oxygen atoms in total. The van der Waals surface area contributed by atoms with Gasteiger partial charge in [-0.05, 0) is 24.3 Å². The summed E-state index contributed by atoms with van der Waals surface area (Å²) in [4.78, 5) is 1.26. The SMILES string of the molecule is CCCCCSc1ccc(C(=N)N)cc1. The quantitative estimate of drug-likeness (QED) is 0.336. The Hall–Kier alpha value is -0.960. The zero-order valence-electron chi connectivity index (χ0n) is 9.12. The Bertz CT molecular complexity index is 306. The highest BCUT2D eigenvalue weighted by Gasteiger charge is 1.97. The van der Waals surface area contributed by atoms with E-state index in [2.05, 4.69) is 6.92 Å². The average Bonchev–Trinajstić information content (AvgIpc) is 2.25. The van der Waals surface area contributed by atoms with Crippen LogP contribution in [-0.4, -0.2) is 11.6 Å². The summed E-state index contributed by atoms with van der Waals surface area (Å²) in [6.07, 6.45) is 3.85. The summed E-state index contributed by atoms with van der Waals surface area (Å²) in [7, 11) is 0. The lowest BCUT2D eigenvalue weighted by atomic mass is 10.2. The molecule has 0 amide bonds. The Labute approximate surface area is 95.8 Å². The smallest absolute Gasteiger partial charge is 0.122 e. The molecule has 1 rings (SSSR count). The molecule has 0 atom stereocenters. The Morgan fingerprint density at radius 3 is 2.47 bits per heavy atom. The molecule has 82 valence electrons. The maximum atomic E-state index is 7.27. The van der Waals surface area contributed by atoms with Gasteiger partial charge in [-0.3, -0.25) is 5.41 Å². The van der Waals surface area contributed by atoms with E-state index < -0.39 is 0 Å². The number of rotatable bonds is 6. The summed E-state index contributed by atoms with van der Waals surface area (Å²) in [6, 6.07) is 7.88. The van der Waals surface area contributed by atoms with Crippen molar-refractivity contribution in [2.75, 3.05) is 5.75 Å². The molecule has 0 spiro atoms. The summed E-state index contributed by atoms with van der Waals surface area (Å²) in [5.74, 6) is 1.31. The molecule has 15 heavy (non-hydrogen) atoms. The zero-order chi connectivity index (χ0) is 11.1. The first kappa shape index (κ1) is 12.1. The van der Waals surface area contributed by atoms with Crippen LogP contribution in [0.3, 0.4) is 0 Å². The first-order valence-electron chi connectivity index (χ1n) is 5.31. The second-order valence-corrected chi connectivity index (χ2v) is 4.66. The predicted octanol–water partition coefficient (Wildman–Crippen LogP) is 3.25. The number of hydrogen-bond acceptors (Lipinski definition) is 2. The van der Waals surface area contributed by atoms with Crippen molar-refractivity contribution in [3.05, 3.63) is 29.8 Å². The van der Waals surface area contributed by atoms with E-state index in [0.717, 1.165) is 5.56 Å². The van der Waals surface area contributed by atoms with Crippen LogP contribution in [-0.2, 0) is 0 Å². The van der Waals surface area contributed by atoms with E-state index in [-0.39, 0.29) is 5.84 Å². The van der Waals surface area contributed by atoms with Gasteiger partial charge in [-0.1, -0.05) is 31.9 Å². The highest BCUT2D eigenvalue weighted by Crippen LogP contribution is 2.19. The lowest BCUT2D eigenvalue weighted by Crippen LogP contribution is -2.10. The number of nitrogens with one attached hydrogen (secondary N) is 1. The van der Waals surface area contributed by atoms with Crippen LogP contribution in [0.2, 0.25) is 0 Å². The molecule has 0 unspecified atom stereocenters. The summed E-state index contributed by atoms with van der Waals surface area (Å²) in [5, 5.41) is 7.27. The standard InChI is InChI=1S/C12H18N2S/c1-2-3-4-9-15-11-7-5-10(6-8-11)12(13)14/h5-8H,2-4,9H2,1H3,(H3,13,14). The fourth-order valence-electron chi connectivity index (χ4n) is 1.27. The van der Waals surface area contributed by atoms with E-state index in [1.807, 2.05) is 36.0 Å². The number of amidine groups is 1. The zero-order valence-corrected chi connectivity index (χ0v) is 9.94. The summed E-state index contributed by atoms with van der Waals surface area (Å²) >= 11 is 1.87. The van der Waals surface area contributed by atoms with Crippen LogP contribution in [0.25, 0.3) is 0 Å². The Kier molecular flexibility index (Phi) is 5.26. The molecule has 1 aromatic rings. The van der Waals surface area contributed by atoms with Gasteiger partial charge in [-0.15, -0.1) is 11.8 Å². The predicted molar refractivity (Wildman–Crippen MR) is 67.7 cm³/mol. The number of benzene rings is 1. The van der Waals surface area contributed by atoms with Crippen LogP contribution in [0.4, 0.5) is 0 Å². The lowest BCUT2D eigenvalue weighted by Gasteiger charge is -2.02. The van der Waals surface area contributed by atoms with Crippen LogP contribution in [0.5, 0.6) is 0 Å². The minimum absolute atomic E-state index is 0.137. The van der Waals surface area contributed by atoms with Gasteiger partial charge in [0, 0.05) is 10.5 Å². The Morgan fingerprint density at radius 2 is 1.93 bits per heavy atom. The molecule has 0 aromatic heterocycles. The Morgan fingerprint density at radius 1 is 1.27 bits per heavy atom. The monoisotopic (exact) mass is 222 g/mol. The molecule has 0 heterocycles. The molecule has 0 aliphatic heterocycles. The van der Waals surface area contributed by atoms with E-state index in [1.165, 1.54) is 29.9 Å². The van der Waals surface area contributed by atoms with E-state index >= 15 is 0 Å². The van der Waals surface area contributed by atoms with Gasteiger partial charge >= 0.3 is 0 Å². The van der Waals surface area contributed by atoms with Gasteiger partial charge in [-0.25, -0.2) is 0 Å². The minimum atomic E-state index is 0.137. The van der Waals surface area contributed by atoms with Crippen molar-refractivity contribution in [3.63, 3.8) is 0 Å². The third kappa shape index (κ3) is 4.38. The van der Waals surface area contributed by atoms with Crippen molar-refractivity contribution in [3.8, 4) is 0 Å². The molecular formula is C12H18N2S. The maximum Gasteiger partial charge on any atom is 0.122 e. The largest absolute Gasteiger partial charge is 0.384 e. The van der Waals surface area contributed by atoms with Crippen molar-refractivity contribution in [1.82, 2.24) is 0 Å². The molecule has 0 saturated carbocycles. The van der Waals surface area contributed by atoms with Gasteiger partial charge in [0.15, 0.2) is 0 Å². The lowest BCUT2D eigenvalue weighted by molar-refractivity contribution is 0.778. The second-order valence-electron chi connectivity index (χ2n) is 3.49. The van der Waals surface area contributed by atoms with Gasteiger partial charge < -0.3 is 5.73 Å². The third-order valence-corrected chi connectivity index (χ3v) is 3.28. The number of hydrogen-bond donors (Lipinski definition) is 2. The summed E-state index contributed by atoms with van der Waals surface area (Å²) < 4.78 is 0. The van der Waals surface area contributed by atoms with Gasteiger partial charge in [0.1, 0.15) is 5.84 Å². The van der Waals surface area contributed by atoms with Crippen molar-refractivity contribution in [2.45, 2.75) is 31.1 Å². The molecule has 0 bridgehead atoms. The molecular weight excluding hydrogens is 204 g/mol. The normalized spacial score (nSPS) is 10.2. The molecule has 0 saturated heterocycles. The van der Waals surface area contributed by atoms with Crippen LogP contribution in [0.15, 0.2) is 29.2 Å². The number of thioether (sulfide) groups is 1. The van der Waals surface area contributed by atoms with E-state index in [4.69, 9.17) is 11.1 Å². The molecule has 0 radical (unpaired) electrons. The van der Waals surface area contributed by atoms with Gasteiger partial charge in [0.25, 0.3) is 0 Å².